The number of aromatic nitrogens is 1. The van der Waals surface area contributed by atoms with Crippen LogP contribution >= 0.6 is 11.8 Å². The highest BCUT2D eigenvalue weighted by atomic mass is 32.2. The first kappa shape index (κ1) is 20.5. The van der Waals surface area contributed by atoms with Crippen LogP contribution in [0.5, 0.6) is 5.75 Å². The SMILES string of the molecule is COc1cccc(C[C@H]2[C@H]3C[C@H](CN(CCSC(C)C)C3)c3cccc(=O)n32)c1. The molecule has 0 radical (unpaired) electrons. The van der Waals surface area contributed by atoms with Gasteiger partial charge in [-0.2, -0.15) is 11.8 Å². The highest BCUT2D eigenvalue weighted by molar-refractivity contribution is 7.99. The number of benzene rings is 1. The molecule has 156 valence electrons. The minimum absolute atomic E-state index is 0.147. The molecule has 0 saturated carbocycles. The molecule has 2 aliphatic rings. The highest BCUT2D eigenvalue weighted by Gasteiger charge is 2.40. The van der Waals surface area contributed by atoms with Crippen molar-refractivity contribution in [2.24, 2.45) is 5.92 Å². The van der Waals surface area contributed by atoms with E-state index in [-0.39, 0.29) is 11.6 Å². The Morgan fingerprint density at radius 2 is 2.00 bits per heavy atom. The molecule has 4 nitrogen and oxygen atoms in total. The average Bonchev–Trinajstić information content (AvgIpc) is 2.71. The largest absolute Gasteiger partial charge is 0.497 e. The van der Waals surface area contributed by atoms with Crippen molar-refractivity contribution in [1.82, 2.24) is 9.47 Å². The van der Waals surface area contributed by atoms with Gasteiger partial charge in [-0.1, -0.05) is 32.0 Å². The molecule has 3 atom stereocenters. The van der Waals surface area contributed by atoms with Crippen molar-refractivity contribution >= 4 is 11.8 Å². The minimum Gasteiger partial charge on any atom is -0.497 e. The number of nitrogens with zero attached hydrogens (tertiary/aromatic N) is 2. The molecule has 3 heterocycles. The van der Waals surface area contributed by atoms with E-state index in [2.05, 4.69) is 41.5 Å². The maximum atomic E-state index is 12.9. The summed E-state index contributed by atoms with van der Waals surface area (Å²) in [6.45, 7) is 7.83. The van der Waals surface area contributed by atoms with Gasteiger partial charge in [-0.3, -0.25) is 4.79 Å². The van der Waals surface area contributed by atoms with Gasteiger partial charge in [-0.25, -0.2) is 0 Å². The topological polar surface area (TPSA) is 34.5 Å². The van der Waals surface area contributed by atoms with E-state index < -0.39 is 0 Å². The lowest BCUT2D eigenvalue weighted by Gasteiger charge is -2.47. The third-order valence-electron chi connectivity index (χ3n) is 6.31. The van der Waals surface area contributed by atoms with E-state index in [9.17, 15) is 4.79 Å². The number of hydrogen-bond acceptors (Lipinski definition) is 4. The average molecular weight is 413 g/mol. The quantitative estimate of drug-likeness (QED) is 0.683. The molecule has 2 bridgehead atoms. The number of piperidine rings is 1. The Bertz CT molecular complexity index is 894. The van der Waals surface area contributed by atoms with Crippen LogP contribution in [0, 0.1) is 5.92 Å². The predicted octanol–water partition coefficient (Wildman–Crippen LogP) is 4.20. The molecule has 0 spiro atoms. The van der Waals surface area contributed by atoms with Crippen molar-refractivity contribution in [3.05, 3.63) is 64.1 Å². The Balaban J connectivity index is 1.61. The summed E-state index contributed by atoms with van der Waals surface area (Å²) in [5.74, 6) is 3.04. The Labute approximate surface area is 178 Å². The second kappa shape index (κ2) is 8.97. The second-order valence-electron chi connectivity index (χ2n) is 8.65. The van der Waals surface area contributed by atoms with Gasteiger partial charge in [-0.15, -0.1) is 0 Å². The lowest BCUT2D eigenvalue weighted by Crippen LogP contribution is -2.50. The van der Waals surface area contributed by atoms with Gasteiger partial charge >= 0.3 is 0 Å². The number of likely N-dealkylation sites (tertiary alicyclic amines) is 1. The van der Waals surface area contributed by atoms with Crippen molar-refractivity contribution in [1.29, 1.82) is 0 Å². The normalized spacial score (nSPS) is 23.8. The summed E-state index contributed by atoms with van der Waals surface area (Å²) in [5.41, 5.74) is 2.61. The Morgan fingerprint density at radius 1 is 1.17 bits per heavy atom. The molecule has 1 saturated heterocycles. The first-order valence-corrected chi connectivity index (χ1v) is 11.8. The van der Waals surface area contributed by atoms with E-state index in [1.54, 1.807) is 13.2 Å². The third kappa shape index (κ3) is 4.56. The zero-order valence-electron chi connectivity index (χ0n) is 17.7. The fraction of sp³-hybridized carbons (Fsp3) is 0.542. The van der Waals surface area contributed by atoms with Crippen LogP contribution in [-0.2, 0) is 6.42 Å². The molecule has 5 heteroatoms. The molecular weight excluding hydrogens is 380 g/mol. The molecule has 2 aromatic rings. The van der Waals surface area contributed by atoms with E-state index in [1.165, 1.54) is 23.4 Å². The second-order valence-corrected chi connectivity index (χ2v) is 10.3. The van der Waals surface area contributed by atoms with Crippen LogP contribution in [0.2, 0.25) is 0 Å². The molecule has 0 amide bonds. The van der Waals surface area contributed by atoms with E-state index in [1.807, 2.05) is 30.0 Å². The van der Waals surface area contributed by atoms with Gasteiger partial charge in [0.25, 0.3) is 5.56 Å². The number of rotatable bonds is 7. The van der Waals surface area contributed by atoms with Crippen LogP contribution in [0.25, 0.3) is 0 Å². The smallest absolute Gasteiger partial charge is 0.251 e. The molecule has 0 N–H and O–H groups in total. The zero-order chi connectivity index (χ0) is 20.4. The highest BCUT2D eigenvalue weighted by Crippen LogP contribution is 2.42. The van der Waals surface area contributed by atoms with Crippen LogP contribution < -0.4 is 10.3 Å². The fourth-order valence-electron chi connectivity index (χ4n) is 5.04. The predicted molar refractivity (Wildman–Crippen MR) is 121 cm³/mol. The summed E-state index contributed by atoms with van der Waals surface area (Å²) in [4.78, 5) is 15.5. The summed E-state index contributed by atoms with van der Waals surface area (Å²) in [6.07, 6.45) is 2.06. The number of thioether (sulfide) groups is 1. The summed E-state index contributed by atoms with van der Waals surface area (Å²) in [7, 11) is 1.71. The van der Waals surface area contributed by atoms with Gasteiger partial charge in [-0.05, 0) is 47.8 Å². The maximum absolute atomic E-state index is 12.9. The number of methoxy groups -OCH3 is 1. The van der Waals surface area contributed by atoms with Crippen LogP contribution in [-0.4, -0.2) is 47.2 Å². The van der Waals surface area contributed by atoms with E-state index in [0.29, 0.717) is 17.1 Å². The third-order valence-corrected chi connectivity index (χ3v) is 7.40. The summed E-state index contributed by atoms with van der Waals surface area (Å²) in [6, 6.07) is 14.3. The van der Waals surface area contributed by atoms with Gasteiger partial charge in [0.2, 0.25) is 0 Å². The van der Waals surface area contributed by atoms with Gasteiger partial charge < -0.3 is 14.2 Å². The lowest BCUT2D eigenvalue weighted by atomic mass is 9.76. The summed E-state index contributed by atoms with van der Waals surface area (Å²) >= 11 is 2.04. The summed E-state index contributed by atoms with van der Waals surface area (Å²) < 4.78 is 7.53. The molecule has 1 aromatic carbocycles. The number of fused-ring (bicyclic) bond motifs is 4. The molecule has 29 heavy (non-hydrogen) atoms. The molecule has 4 rings (SSSR count). The molecule has 1 fully saturated rings. The Hall–Kier alpha value is -1.72. The van der Waals surface area contributed by atoms with Gasteiger partial charge in [0.15, 0.2) is 0 Å². The maximum Gasteiger partial charge on any atom is 0.251 e. The number of pyridine rings is 1. The van der Waals surface area contributed by atoms with Gasteiger partial charge in [0, 0.05) is 49.1 Å². The molecule has 1 aromatic heterocycles. The van der Waals surface area contributed by atoms with Crippen LogP contribution in [0.1, 0.15) is 43.5 Å². The Kier molecular flexibility index (Phi) is 6.35. The number of hydrogen-bond donors (Lipinski definition) is 0. The van der Waals surface area contributed by atoms with Gasteiger partial charge in [0.1, 0.15) is 5.75 Å². The van der Waals surface area contributed by atoms with Crippen molar-refractivity contribution in [2.45, 2.75) is 43.9 Å². The van der Waals surface area contributed by atoms with E-state index in [0.717, 1.165) is 31.8 Å². The number of ether oxygens (including phenoxy) is 1. The molecule has 2 aliphatic heterocycles. The van der Waals surface area contributed by atoms with E-state index >= 15 is 0 Å². The fourth-order valence-corrected chi connectivity index (χ4v) is 5.87. The first-order valence-electron chi connectivity index (χ1n) is 10.7. The van der Waals surface area contributed by atoms with Crippen LogP contribution in [0.3, 0.4) is 0 Å². The summed E-state index contributed by atoms with van der Waals surface area (Å²) in [5, 5.41) is 0.680. The molecule has 0 unspecified atom stereocenters. The van der Waals surface area contributed by atoms with E-state index in [4.69, 9.17) is 4.74 Å². The monoisotopic (exact) mass is 412 g/mol. The minimum atomic E-state index is 0.147. The van der Waals surface area contributed by atoms with Gasteiger partial charge in [0.05, 0.1) is 7.11 Å². The van der Waals surface area contributed by atoms with Crippen molar-refractivity contribution in [3.63, 3.8) is 0 Å². The molecular formula is C24H32N2O2S. The molecule has 0 aliphatic carbocycles. The zero-order valence-corrected chi connectivity index (χ0v) is 18.5. The Morgan fingerprint density at radius 3 is 2.79 bits per heavy atom. The van der Waals surface area contributed by atoms with Crippen molar-refractivity contribution < 1.29 is 4.74 Å². The van der Waals surface area contributed by atoms with Crippen LogP contribution in [0.15, 0.2) is 47.3 Å². The van der Waals surface area contributed by atoms with Crippen molar-refractivity contribution in [3.8, 4) is 5.75 Å². The lowest BCUT2D eigenvalue weighted by molar-refractivity contribution is 0.0952. The standard InChI is InChI=1S/C24H32N2O2S/c1-17(2)29-11-10-25-15-19-14-20(16-25)23(26-22(19)8-5-9-24(26)27)13-18-6-4-7-21(12-18)28-3/h4-9,12,17,19-20,23H,10-11,13-16H2,1-3H3/t19-,20+,23+/m1/s1. The van der Waals surface area contributed by atoms with Crippen molar-refractivity contribution in [2.75, 3.05) is 32.5 Å². The van der Waals surface area contributed by atoms with Crippen LogP contribution in [0.4, 0.5) is 0 Å². The first-order chi connectivity index (χ1) is 14.0.